The summed E-state index contributed by atoms with van der Waals surface area (Å²) in [4.78, 5) is 35.7. The molecular formula is C26H26F2N2O5. The zero-order valence-electron chi connectivity index (χ0n) is 18.9. The molecule has 0 spiro atoms. The molecule has 0 radical (unpaired) electrons. The molecule has 5 rings (SSSR count). The molecule has 184 valence electrons. The fourth-order valence-electron chi connectivity index (χ4n) is 5.49. The minimum Gasteiger partial charge on any atom is -0.481 e. The van der Waals surface area contributed by atoms with E-state index in [-0.39, 0.29) is 25.1 Å². The van der Waals surface area contributed by atoms with E-state index in [1.165, 1.54) is 0 Å². The Morgan fingerprint density at radius 3 is 2.23 bits per heavy atom. The number of aliphatic carboxylic acids is 1. The van der Waals surface area contributed by atoms with E-state index in [1.807, 2.05) is 36.4 Å². The van der Waals surface area contributed by atoms with Crippen molar-refractivity contribution >= 4 is 18.0 Å². The first-order valence-corrected chi connectivity index (χ1v) is 11.8. The maximum Gasteiger partial charge on any atom is 0.407 e. The smallest absolute Gasteiger partial charge is 0.407 e. The minimum atomic E-state index is -3.29. The highest BCUT2D eigenvalue weighted by molar-refractivity contribution is 5.81. The first-order chi connectivity index (χ1) is 16.8. The molecule has 0 saturated heterocycles. The van der Waals surface area contributed by atoms with Gasteiger partial charge in [0.1, 0.15) is 12.5 Å². The van der Waals surface area contributed by atoms with E-state index in [1.54, 1.807) is 0 Å². The lowest BCUT2D eigenvalue weighted by molar-refractivity contribution is -0.141. The van der Waals surface area contributed by atoms with Crippen LogP contribution in [0, 0.1) is 17.8 Å². The standard InChI is InChI=1S/C26H26F2N2O5/c27-26(28)21(22(26)24(32)33)12-29-23(31)14-9-10-15(11-14)30-25(34)35-13-20-18-7-3-1-5-16(18)17-6-2-4-8-19(17)20/h1-8,14-15,20-22H,9-13H2,(H,29,31)(H,30,34)(H,32,33)/t14?,15?,21-,22-/m0/s1. The molecule has 3 N–H and O–H groups in total. The summed E-state index contributed by atoms with van der Waals surface area (Å²) >= 11 is 0. The van der Waals surface area contributed by atoms with Crippen LogP contribution in [-0.2, 0) is 14.3 Å². The highest BCUT2D eigenvalue weighted by Gasteiger charge is 2.72. The van der Waals surface area contributed by atoms with Gasteiger partial charge in [-0.3, -0.25) is 9.59 Å². The van der Waals surface area contributed by atoms with E-state index >= 15 is 0 Å². The lowest BCUT2D eigenvalue weighted by Crippen LogP contribution is -2.36. The van der Waals surface area contributed by atoms with Crippen molar-refractivity contribution in [3.05, 3.63) is 59.7 Å². The van der Waals surface area contributed by atoms with Gasteiger partial charge < -0.3 is 20.5 Å². The second kappa shape index (κ2) is 8.94. The van der Waals surface area contributed by atoms with Crippen LogP contribution in [-0.4, -0.2) is 48.2 Å². The zero-order chi connectivity index (χ0) is 24.7. The van der Waals surface area contributed by atoms with Gasteiger partial charge in [0, 0.05) is 24.4 Å². The maximum absolute atomic E-state index is 13.5. The van der Waals surface area contributed by atoms with Crippen molar-refractivity contribution in [3.63, 3.8) is 0 Å². The monoisotopic (exact) mass is 484 g/mol. The predicted octanol–water partition coefficient (Wildman–Crippen LogP) is 3.78. The van der Waals surface area contributed by atoms with Gasteiger partial charge in [0.25, 0.3) is 5.92 Å². The topological polar surface area (TPSA) is 105 Å². The largest absolute Gasteiger partial charge is 0.481 e. The number of hydrogen-bond acceptors (Lipinski definition) is 4. The Balaban J connectivity index is 1.09. The molecule has 2 amide bonds. The van der Waals surface area contributed by atoms with Gasteiger partial charge in [0.2, 0.25) is 5.91 Å². The molecule has 0 heterocycles. The van der Waals surface area contributed by atoms with Crippen LogP contribution in [0.4, 0.5) is 13.6 Å². The molecule has 2 fully saturated rings. The molecule has 2 aromatic carbocycles. The first kappa shape index (κ1) is 23.3. The summed E-state index contributed by atoms with van der Waals surface area (Å²) in [5.41, 5.74) is 4.51. The summed E-state index contributed by atoms with van der Waals surface area (Å²) in [5, 5.41) is 14.1. The number of fused-ring (bicyclic) bond motifs is 3. The molecule has 0 aliphatic heterocycles. The van der Waals surface area contributed by atoms with Crippen LogP contribution < -0.4 is 10.6 Å². The van der Waals surface area contributed by atoms with Crippen molar-refractivity contribution in [1.82, 2.24) is 10.6 Å². The van der Waals surface area contributed by atoms with Crippen LogP contribution in [0.15, 0.2) is 48.5 Å². The minimum absolute atomic E-state index is 0.0505. The van der Waals surface area contributed by atoms with Crippen LogP contribution in [0.2, 0.25) is 0 Å². The number of hydrogen-bond donors (Lipinski definition) is 3. The molecule has 2 saturated carbocycles. The van der Waals surface area contributed by atoms with Crippen molar-refractivity contribution in [2.24, 2.45) is 17.8 Å². The van der Waals surface area contributed by atoms with Crippen LogP contribution >= 0.6 is 0 Å². The number of alkyl halides is 2. The molecule has 4 atom stereocenters. The molecular weight excluding hydrogens is 458 g/mol. The molecule has 0 bridgehead atoms. The summed E-state index contributed by atoms with van der Waals surface area (Å²) in [7, 11) is 0. The number of carbonyl (C=O) groups excluding carboxylic acids is 2. The van der Waals surface area contributed by atoms with E-state index in [4.69, 9.17) is 9.84 Å². The van der Waals surface area contributed by atoms with Gasteiger partial charge in [-0.25, -0.2) is 13.6 Å². The number of rotatable bonds is 7. The number of carboxylic acids is 1. The summed E-state index contributed by atoms with van der Waals surface area (Å²) in [6.45, 7) is -0.180. The number of carbonyl (C=O) groups is 3. The molecule has 3 aliphatic carbocycles. The van der Waals surface area contributed by atoms with Gasteiger partial charge in [-0.05, 0) is 41.5 Å². The Hall–Kier alpha value is -3.49. The van der Waals surface area contributed by atoms with Crippen molar-refractivity contribution < 1.29 is 33.0 Å². The Morgan fingerprint density at radius 2 is 1.63 bits per heavy atom. The average molecular weight is 484 g/mol. The number of ether oxygens (including phenoxy) is 1. The molecule has 0 aromatic heterocycles. The number of halogens is 2. The third kappa shape index (κ3) is 4.35. The van der Waals surface area contributed by atoms with Gasteiger partial charge in [-0.15, -0.1) is 0 Å². The number of amides is 2. The third-order valence-corrected chi connectivity index (χ3v) is 7.43. The van der Waals surface area contributed by atoms with Gasteiger partial charge >= 0.3 is 12.1 Å². The van der Waals surface area contributed by atoms with Crippen LogP contribution in [0.3, 0.4) is 0 Å². The Kier molecular flexibility index (Phi) is 5.94. The number of alkyl carbamates (subject to hydrolysis) is 1. The number of benzene rings is 2. The third-order valence-electron chi connectivity index (χ3n) is 7.43. The lowest BCUT2D eigenvalue weighted by Gasteiger charge is -2.17. The van der Waals surface area contributed by atoms with Crippen molar-refractivity contribution in [1.29, 1.82) is 0 Å². The normalized spacial score (nSPS) is 25.9. The van der Waals surface area contributed by atoms with Gasteiger partial charge in [-0.2, -0.15) is 0 Å². The molecule has 35 heavy (non-hydrogen) atoms. The Bertz CT molecular complexity index is 1120. The van der Waals surface area contributed by atoms with E-state index < -0.39 is 41.6 Å². The van der Waals surface area contributed by atoms with Gasteiger partial charge in [0.05, 0.1) is 5.92 Å². The Morgan fingerprint density at radius 1 is 1.00 bits per heavy atom. The van der Waals surface area contributed by atoms with E-state index in [9.17, 15) is 23.2 Å². The summed E-state index contributed by atoms with van der Waals surface area (Å²) in [6, 6.07) is 15.8. The van der Waals surface area contributed by atoms with Gasteiger partial charge in [0.15, 0.2) is 0 Å². The highest BCUT2D eigenvalue weighted by atomic mass is 19.3. The maximum atomic E-state index is 13.5. The van der Waals surface area contributed by atoms with Crippen LogP contribution in [0.25, 0.3) is 11.1 Å². The second-order valence-electron chi connectivity index (χ2n) is 9.52. The van der Waals surface area contributed by atoms with Crippen molar-refractivity contribution in [2.75, 3.05) is 13.2 Å². The van der Waals surface area contributed by atoms with Gasteiger partial charge in [-0.1, -0.05) is 48.5 Å². The summed E-state index contributed by atoms with van der Waals surface area (Å²) in [5.74, 6) is -8.83. The quantitative estimate of drug-likeness (QED) is 0.555. The van der Waals surface area contributed by atoms with Crippen LogP contribution in [0.1, 0.15) is 36.3 Å². The average Bonchev–Trinajstić information content (AvgIpc) is 3.13. The van der Waals surface area contributed by atoms with Crippen LogP contribution in [0.5, 0.6) is 0 Å². The summed E-state index contributed by atoms with van der Waals surface area (Å²) < 4.78 is 32.6. The zero-order valence-corrected chi connectivity index (χ0v) is 18.9. The second-order valence-corrected chi connectivity index (χ2v) is 9.52. The molecule has 9 heteroatoms. The van der Waals surface area contributed by atoms with E-state index in [0.717, 1.165) is 22.3 Å². The van der Waals surface area contributed by atoms with Crippen molar-refractivity contribution in [2.45, 2.75) is 37.1 Å². The predicted molar refractivity (Wildman–Crippen MR) is 122 cm³/mol. The SMILES string of the molecule is O=C(NC1CCC(C(=O)NC[C@H]2[C@@H](C(=O)O)C2(F)F)C1)OCC1c2ccccc2-c2ccccc21. The van der Waals surface area contributed by atoms with E-state index in [2.05, 4.69) is 22.8 Å². The fraction of sp³-hybridized carbons (Fsp3) is 0.423. The number of carboxylic acid groups (broad SMARTS) is 1. The Labute approximate surface area is 200 Å². The molecule has 7 nitrogen and oxygen atoms in total. The van der Waals surface area contributed by atoms with Crippen molar-refractivity contribution in [3.8, 4) is 11.1 Å². The lowest BCUT2D eigenvalue weighted by atomic mass is 9.98. The number of nitrogens with one attached hydrogen (secondary N) is 2. The molecule has 2 aromatic rings. The van der Waals surface area contributed by atoms with E-state index in [0.29, 0.717) is 19.3 Å². The fourth-order valence-corrected chi connectivity index (χ4v) is 5.49. The summed E-state index contributed by atoms with van der Waals surface area (Å²) in [6.07, 6.45) is 0.891. The highest BCUT2D eigenvalue weighted by Crippen LogP contribution is 2.55. The first-order valence-electron chi connectivity index (χ1n) is 11.8. The molecule has 2 unspecified atom stereocenters. The molecule has 3 aliphatic rings.